The van der Waals surface area contributed by atoms with Crippen LogP contribution in [0.5, 0.6) is 0 Å². The molecule has 0 heterocycles. The van der Waals surface area contributed by atoms with E-state index in [9.17, 15) is 9.90 Å². The Labute approximate surface area is 138 Å². The first kappa shape index (κ1) is 15.3. The lowest BCUT2D eigenvalue weighted by Crippen LogP contribution is -2.53. The van der Waals surface area contributed by atoms with Crippen LogP contribution in [0.3, 0.4) is 0 Å². The van der Waals surface area contributed by atoms with Gasteiger partial charge in [0.1, 0.15) is 5.78 Å². The molecule has 5 atom stereocenters. The van der Waals surface area contributed by atoms with E-state index in [-0.39, 0.29) is 17.4 Å². The number of hydrogen-bond donors (Lipinski definition) is 2. The lowest BCUT2D eigenvalue weighted by Gasteiger charge is -2.58. The van der Waals surface area contributed by atoms with Crippen LogP contribution in [-0.4, -0.2) is 23.2 Å². The summed E-state index contributed by atoms with van der Waals surface area (Å²) in [4.78, 5) is 12.5. The Kier molecular flexibility index (Phi) is 3.26. The predicted octanol–water partition coefficient (Wildman–Crippen LogP) is 3.68. The van der Waals surface area contributed by atoms with Gasteiger partial charge in [-0.25, -0.2) is 0 Å². The maximum absolute atomic E-state index is 12.5. The molecule has 0 aromatic rings. The van der Waals surface area contributed by atoms with Crippen LogP contribution < -0.4 is 0 Å². The number of Topliss-reactive ketones (excluding diaryl/α,β-unsaturated/α-hetero) is 1. The average Bonchev–Trinajstić information content (AvgIpc) is 2.84. The summed E-state index contributed by atoms with van der Waals surface area (Å²) in [6, 6.07) is 0. The van der Waals surface area contributed by atoms with Crippen molar-refractivity contribution < 1.29 is 9.90 Å². The summed E-state index contributed by atoms with van der Waals surface area (Å²) in [5.41, 5.74) is 2.57. The molecule has 0 bridgehead atoms. The monoisotopic (exact) mass is 313 g/mol. The van der Waals surface area contributed by atoms with Crippen LogP contribution in [0.2, 0.25) is 0 Å². The maximum atomic E-state index is 12.5. The zero-order valence-electron chi connectivity index (χ0n) is 14.0. The number of aliphatic hydroxyl groups is 1. The van der Waals surface area contributed by atoms with Crippen molar-refractivity contribution in [2.45, 2.75) is 51.9 Å². The van der Waals surface area contributed by atoms with Crippen LogP contribution in [-0.2, 0) is 4.79 Å². The second-order valence-corrected chi connectivity index (χ2v) is 8.50. The lowest BCUT2D eigenvalue weighted by molar-refractivity contribution is -0.132. The molecule has 3 nitrogen and oxygen atoms in total. The normalized spacial score (nSPS) is 46.1. The van der Waals surface area contributed by atoms with E-state index >= 15 is 0 Å². The molecule has 0 aromatic heterocycles. The van der Waals surface area contributed by atoms with Crippen molar-refractivity contribution in [3.63, 3.8) is 0 Å². The average molecular weight is 313 g/mol. The molecule has 0 amide bonds. The summed E-state index contributed by atoms with van der Waals surface area (Å²) in [6.07, 6.45) is 8.28. The van der Waals surface area contributed by atoms with Crippen LogP contribution in [0.25, 0.3) is 0 Å². The first-order valence-electron chi connectivity index (χ1n) is 9.04. The van der Waals surface area contributed by atoms with Gasteiger partial charge in [0.05, 0.1) is 6.61 Å². The topological polar surface area (TPSA) is 61.1 Å². The smallest absolute Gasteiger partial charge is 0.139 e. The molecule has 2 N–H and O–H groups in total. The maximum Gasteiger partial charge on any atom is 0.139 e. The second kappa shape index (κ2) is 4.89. The van der Waals surface area contributed by atoms with E-state index in [0.29, 0.717) is 29.2 Å². The van der Waals surface area contributed by atoms with Gasteiger partial charge < -0.3 is 10.5 Å². The van der Waals surface area contributed by atoms with E-state index in [1.807, 2.05) is 6.08 Å². The van der Waals surface area contributed by atoms with Gasteiger partial charge in [0, 0.05) is 23.0 Å². The predicted molar refractivity (Wildman–Crippen MR) is 90.4 cm³/mol. The number of rotatable bonds is 1. The van der Waals surface area contributed by atoms with E-state index in [2.05, 4.69) is 13.5 Å². The Morgan fingerprint density at radius 1 is 1.30 bits per heavy atom. The van der Waals surface area contributed by atoms with Gasteiger partial charge in [0.15, 0.2) is 0 Å². The van der Waals surface area contributed by atoms with Crippen LogP contribution in [0, 0.1) is 34.0 Å². The summed E-state index contributed by atoms with van der Waals surface area (Å²) >= 11 is 0. The van der Waals surface area contributed by atoms with Crippen molar-refractivity contribution in [1.82, 2.24) is 0 Å². The summed E-state index contributed by atoms with van der Waals surface area (Å²) in [5, 5.41) is 18.4. The van der Waals surface area contributed by atoms with Crippen molar-refractivity contribution >= 4 is 11.5 Å². The van der Waals surface area contributed by atoms with Crippen LogP contribution in [0.4, 0.5) is 0 Å². The molecule has 3 saturated carbocycles. The third-order valence-corrected chi connectivity index (χ3v) is 7.70. The molecule has 4 aliphatic rings. The number of aliphatic hydroxyl groups excluding tert-OH is 1. The quantitative estimate of drug-likeness (QED) is 0.776. The molecule has 3 heteroatoms. The highest BCUT2D eigenvalue weighted by molar-refractivity contribution is 5.95. The largest absolute Gasteiger partial charge is 0.395 e. The number of nitrogens with one attached hydrogen (secondary N) is 1. The highest BCUT2D eigenvalue weighted by atomic mass is 16.3. The van der Waals surface area contributed by atoms with E-state index in [4.69, 9.17) is 5.41 Å². The standard InChI is InChI=1S/C20H27NO2/c1-12-9-14-15-3-4-18(23)19(15,2)7-6-16(14)20(11-22)8-5-13(21)10-17(12)20/h10,14-16,21-22H,1,3-9,11H2,2H3/t14?,15?,16?,19-,20-/m0/s1. The molecule has 4 rings (SSSR count). The second-order valence-electron chi connectivity index (χ2n) is 8.50. The van der Waals surface area contributed by atoms with E-state index in [0.717, 1.165) is 56.1 Å². The zero-order valence-corrected chi connectivity index (χ0v) is 14.0. The van der Waals surface area contributed by atoms with Crippen LogP contribution in [0.1, 0.15) is 51.9 Å². The SMILES string of the molecule is C=C1CC2C(CC[C@]3(C)C(=O)CCC23)[C@@]2(CO)CCC(=N)C=C12. The molecule has 3 unspecified atom stereocenters. The highest BCUT2D eigenvalue weighted by Crippen LogP contribution is 2.65. The molecule has 0 aliphatic heterocycles. The van der Waals surface area contributed by atoms with Crippen molar-refractivity contribution in [1.29, 1.82) is 5.41 Å². The van der Waals surface area contributed by atoms with Crippen molar-refractivity contribution in [3.05, 3.63) is 23.8 Å². The Balaban J connectivity index is 1.78. The molecule has 23 heavy (non-hydrogen) atoms. The van der Waals surface area contributed by atoms with Crippen molar-refractivity contribution in [2.75, 3.05) is 6.61 Å². The van der Waals surface area contributed by atoms with E-state index < -0.39 is 0 Å². The lowest BCUT2D eigenvalue weighted by atomic mass is 9.46. The fraction of sp³-hybridized carbons (Fsp3) is 0.700. The van der Waals surface area contributed by atoms with Gasteiger partial charge in [0.25, 0.3) is 0 Å². The number of carbonyl (C=O) groups excluding carboxylic acids is 1. The first-order valence-corrected chi connectivity index (χ1v) is 9.04. The minimum atomic E-state index is -0.211. The summed E-state index contributed by atoms with van der Waals surface area (Å²) in [5.74, 6) is 1.83. The third kappa shape index (κ3) is 1.86. The fourth-order valence-corrected chi connectivity index (χ4v) is 6.43. The Morgan fingerprint density at radius 3 is 2.83 bits per heavy atom. The third-order valence-electron chi connectivity index (χ3n) is 7.70. The molecule has 0 radical (unpaired) electrons. The summed E-state index contributed by atoms with van der Waals surface area (Å²) in [7, 11) is 0. The number of ketones is 1. The van der Waals surface area contributed by atoms with E-state index in [1.165, 1.54) is 0 Å². The summed E-state index contributed by atoms with van der Waals surface area (Å²) < 4.78 is 0. The van der Waals surface area contributed by atoms with Crippen molar-refractivity contribution in [3.8, 4) is 0 Å². The number of carbonyl (C=O) groups is 1. The van der Waals surface area contributed by atoms with Crippen molar-refractivity contribution in [2.24, 2.45) is 28.6 Å². The van der Waals surface area contributed by atoms with Gasteiger partial charge in [0.2, 0.25) is 0 Å². The highest BCUT2D eigenvalue weighted by Gasteiger charge is 2.60. The van der Waals surface area contributed by atoms with Gasteiger partial charge in [-0.1, -0.05) is 19.1 Å². The molecular formula is C20H27NO2. The molecule has 124 valence electrons. The molecule has 4 aliphatic carbocycles. The number of allylic oxidation sites excluding steroid dienone is 2. The van der Waals surface area contributed by atoms with Gasteiger partial charge in [-0.15, -0.1) is 0 Å². The molecule has 0 spiro atoms. The zero-order chi connectivity index (χ0) is 16.4. The first-order chi connectivity index (χ1) is 10.9. The molecule has 0 aromatic carbocycles. The van der Waals surface area contributed by atoms with Crippen LogP contribution >= 0.6 is 0 Å². The fourth-order valence-electron chi connectivity index (χ4n) is 6.43. The van der Waals surface area contributed by atoms with Gasteiger partial charge in [-0.2, -0.15) is 0 Å². The molecule has 0 saturated heterocycles. The number of fused-ring (bicyclic) bond motifs is 5. The minimum absolute atomic E-state index is 0.138. The Bertz CT molecular complexity index is 634. The minimum Gasteiger partial charge on any atom is -0.395 e. The Morgan fingerprint density at radius 2 is 2.09 bits per heavy atom. The molecular weight excluding hydrogens is 286 g/mol. The van der Waals surface area contributed by atoms with Crippen LogP contribution in [0.15, 0.2) is 23.8 Å². The Hall–Kier alpha value is -1.22. The van der Waals surface area contributed by atoms with Gasteiger partial charge in [-0.3, -0.25) is 4.79 Å². The molecule has 3 fully saturated rings. The van der Waals surface area contributed by atoms with Gasteiger partial charge >= 0.3 is 0 Å². The number of hydrogen-bond acceptors (Lipinski definition) is 3. The van der Waals surface area contributed by atoms with Gasteiger partial charge in [-0.05, 0) is 67.9 Å². The van der Waals surface area contributed by atoms with E-state index in [1.54, 1.807) is 0 Å². The summed E-state index contributed by atoms with van der Waals surface area (Å²) in [6.45, 7) is 6.65.